The van der Waals surface area contributed by atoms with Gasteiger partial charge in [0.15, 0.2) is 5.88 Å². The smallest absolute Gasteiger partial charge is 0.417 e. The first kappa shape index (κ1) is 13.0. The van der Waals surface area contributed by atoms with Gasteiger partial charge < -0.3 is 15.0 Å². The minimum atomic E-state index is -4.45. The third kappa shape index (κ3) is 1.92. The van der Waals surface area contributed by atoms with Crippen molar-refractivity contribution in [1.29, 1.82) is 0 Å². The van der Waals surface area contributed by atoms with Gasteiger partial charge in [0.1, 0.15) is 0 Å². The summed E-state index contributed by atoms with van der Waals surface area (Å²) in [6.45, 7) is 1.63. The van der Waals surface area contributed by atoms with E-state index in [-0.39, 0.29) is 17.2 Å². The molecule has 1 aromatic heterocycles. The molecule has 2 aliphatic rings. The van der Waals surface area contributed by atoms with Crippen molar-refractivity contribution in [3.05, 3.63) is 29.0 Å². The molecular formula is C15H15F3N2O. The van der Waals surface area contributed by atoms with E-state index >= 15 is 0 Å². The van der Waals surface area contributed by atoms with E-state index in [1.165, 1.54) is 6.07 Å². The molecule has 3 nitrogen and oxygen atoms in total. The third-order valence-corrected chi connectivity index (χ3v) is 4.44. The molecular weight excluding hydrogens is 281 g/mol. The molecule has 112 valence electrons. The minimum Gasteiger partial charge on any atom is -0.494 e. The molecule has 1 fully saturated rings. The van der Waals surface area contributed by atoms with E-state index < -0.39 is 11.7 Å². The van der Waals surface area contributed by atoms with E-state index in [9.17, 15) is 18.3 Å². The van der Waals surface area contributed by atoms with Gasteiger partial charge in [0.2, 0.25) is 0 Å². The van der Waals surface area contributed by atoms with Crippen LogP contribution in [-0.2, 0) is 19.3 Å². The maximum atomic E-state index is 13.4. The Bertz CT molecular complexity index is 729. The van der Waals surface area contributed by atoms with E-state index in [4.69, 9.17) is 0 Å². The average molecular weight is 296 g/mol. The quantitative estimate of drug-likeness (QED) is 0.847. The summed E-state index contributed by atoms with van der Waals surface area (Å²) in [5, 5.41) is 13.9. The lowest BCUT2D eigenvalue weighted by atomic mass is 9.99. The van der Waals surface area contributed by atoms with Crippen molar-refractivity contribution in [3.63, 3.8) is 0 Å². The van der Waals surface area contributed by atoms with Crippen LogP contribution in [-0.4, -0.2) is 16.2 Å². The van der Waals surface area contributed by atoms with Gasteiger partial charge >= 0.3 is 6.18 Å². The van der Waals surface area contributed by atoms with Crippen LogP contribution in [0.25, 0.3) is 10.8 Å². The van der Waals surface area contributed by atoms with E-state index in [0.29, 0.717) is 25.0 Å². The van der Waals surface area contributed by atoms with E-state index in [1.54, 1.807) is 4.57 Å². The van der Waals surface area contributed by atoms with Crippen LogP contribution in [0.3, 0.4) is 0 Å². The molecule has 4 rings (SSSR count). The molecule has 0 atom stereocenters. The number of alkyl halides is 3. The Morgan fingerprint density at radius 2 is 2.00 bits per heavy atom. The van der Waals surface area contributed by atoms with Crippen LogP contribution in [0.2, 0.25) is 0 Å². The second-order valence-corrected chi connectivity index (χ2v) is 5.86. The van der Waals surface area contributed by atoms with Crippen LogP contribution in [0.1, 0.15) is 35.6 Å². The van der Waals surface area contributed by atoms with Crippen LogP contribution < -0.4 is 5.32 Å². The Morgan fingerprint density at radius 1 is 1.24 bits per heavy atom. The van der Waals surface area contributed by atoms with Gasteiger partial charge in [-0.25, -0.2) is 0 Å². The lowest BCUT2D eigenvalue weighted by Crippen LogP contribution is -2.27. The summed E-state index contributed by atoms with van der Waals surface area (Å²) in [4.78, 5) is 0. The highest BCUT2D eigenvalue weighted by atomic mass is 19.4. The van der Waals surface area contributed by atoms with Crippen molar-refractivity contribution in [2.75, 3.05) is 6.54 Å². The molecule has 0 saturated heterocycles. The molecule has 1 aliphatic heterocycles. The first-order valence-electron chi connectivity index (χ1n) is 7.12. The van der Waals surface area contributed by atoms with Gasteiger partial charge in [-0.1, -0.05) is 0 Å². The zero-order chi connectivity index (χ0) is 14.8. The van der Waals surface area contributed by atoms with Crippen LogP contribution in [0.4, 0.5) is 13.2 Å². The number of nitrogens with zero attached hydrogens (tertiary/aromatic N) is 1. The SMILES string of the molecule is Oc1c2c(C(F)(F)F)cc(C3CC3)cc2c2n1CCNC2. The Labute approximate surface area is 119 Å². The van der Waals surface area contributed by atoms with E-state index in [1.807, 2.05) is 6.07 Å². The second kappa shape index (κ2) is 4.16. The molecule has 21 heavy (non-hydrogen) atoms. The summed E-state index contributed by atoms with van der Waals surface area (Å²) in [7, 11) is 0. The number of nitrogens with one attached hydrogen (secondary N) is 1. The van der Waals surface area contributed by atoms with Crippen molar-refractivity contribution in [2.24, 2.45) is 0 Å². The van der Waals surface area contributed by atoms with Crippen molar-refractivity contribution in [3.8, 4) is 5.88 Å². The zero-order valence-corrected chi connectivity index (χ0v) is 11.3. The minimum absolute atomic E-state index is 0.0504. The number of aromatic nitrogens is 1. The second-order valence-electron chi connectivity index (χ2n) is 5.86. The largest absolute Gasteiger partial charge is 0.494 e. The average Bonchev–Trinajstić information content (AvgIpc) is 3.25. The molecule has 1 saturated carbocycles. The molecule has 0 amide bonds. The maximum absolute atomic E-state index is 13.4. The van der Waals surface area contributed by atoms with Crippen LogP contribution in [0.5, 0.6) is 5.88 Å². The molecule has 0 unspecified atom stereocenters. The summed E-state index contributed by atoms with van der Waals surface area (Å²) < 4.78 is 41.8. The highest BCUT2D eigenvalue weighted by molar-refractivity contribution is 5.95. The van der Waals surface area contributed by atoms with E-state index in [0.717, 1.165) is 24.1 Å². The first-order chi connectivity index (χ1) is 9.97. The molecule has 2 N–H and O–H groups in total. The molecule has 0 spiro atoms. The monoisotopic (exact) mass is 296 g/mol. The number of benzene rings is 1. The number of rotatable bonds is 1. The van der Waals surface area contributed by atoms with Gasteiger partial charge in [0.25, 0.3) is 0 Å². The summed E-state index contributed by atoms with van der Waals surface area (Å²) >= 11 is 0. The van der Waals surface area contributed by atoms with Gasteiger partial charge in [-0.2, -0.15) is 13.2 Å². The fraction of sp³-hybridized carbons (Fsp3) is 0.467. The van der Waals surface area contributed by atoms with Gasteiger partial charge in [-0.15, -0.1) is 0 Å². The normalized spacial score (nSPS) is 19.0. The number of hydrogen-bond acceptors (Lipinski definition) is 2. The Morgan fingerprint density at radius 3 is 2.67 bits per heavy atom. The lowest BCUT2D eigenvalue weighted by Gasteiger charge is -2.17. The fourth-order valence-electron chi connectivity index (χ4n) is 3.25. The number of halogens is 3. The van der Waals surface area contributed by atoms with Crippen molar-refractivity contribution in [1.82, 2.24) is 9.88 Å². The van der Waals surface area contributed by atoms with Crippen molar-refractivity contribution >= 4 is 10.8 Å². The number of hydrogen-bond donors (Lipinski definition) is 2. The van der Waals surface area contributed by atoms with E-state index in [2.05, 4.69) is 5.32 Å². The molecule has 2 heterocycles. The summed E-state index contributed by atoms with van der Waals surface area (Å²) in [5.74, 6) is -0.0130. The Balaban J connectivity index is 2.07. The van der Waals surface area contributed by atoms with Crippen LogP contribution >= 0.6 is 0 Å². The van der Waals surface area contributed by atoms with Gasteiger partial charge in [-0.3, -0.25) is 0 Å². The molecule has 0 radical (unpaired) electrons. The molecule has 2 aromatic rings. The predicted octanol–water partition coefficient (Wildman–Crippen LogP) is 3.35. The molecule has 1 aromatic carbocycles. The summed E-state index contributed by atoms with van der Waals surface area (Å²) in [5.41, 5.74) is 0.789. The van der Waals surface area contributed by atoms with Gasteiger partial charge in [0.05, 0.1) is 10.9 Å². The first-order valence-corrected chi connectivity index (χ1v) is 7.12. The predicted molar refractivity (Wildman–Crippen MR) is 72.3 cm³/mol. The van der Waals surface area contributed by atoms with Crippen LogP contribution in [0, 0.1) is 0 Å². The number of fused-ring (bicyclic) bond motifs is 3. The van der Waals surface area contributed by atoms with Gasteiger partial charge in [0, 0.05) is 30.7 Å². The fourth-order valence-corrected chi connectivity index (χ4v) is 3.25. The number of aromatic hydroxyl groups is 1. The zero-order valence-electron chi connectivity index (χ0n) is 11.3. The molecule has 6 heteroatoms. The Hall–Kier alpha value is -1.69. The summed E-state index contributed by atoms with van der Waals surface area (Å²) in [6.07, 6.45) is -2.56. The standard InChI is InChI=1S/C15H15F3N2O/c16-15(17,18)11-6-9(8-1-2-8)5-10-12-7-19-3-4-20(12)14(21)13(10)11/h5-6,8,19,21H,1-4,7H2. The summed E-state index contributed by atoms with van der Waals surface area (Å²) in [6, 6.07) is 3.06. The van der Waals surface area contributed by atoms with Crippen molar-refractivity contribution < 1.29 is 18.3 Å². The lowest BCUT2D eigenvalue weighted by molar-refractivity contribution is -0.136. The third-order valence-electron chi connectivity index (χ3n) is 4.44. The topological polar surface area (TPSA) is 37.2 Å². The molecule has 1 aliphatic carbocycles. The highest BCUT2D eigenvalue weighted by Gasteiger charge is 2.38. The van der Waals surface area contributed by atoms with Gasteiger partial charge in [-0.05, 0) is 36.5 Å². The maximum Gasteiger partial charge on any atom is 0.417 e. The highest BCUT2D eigenvalue weighted by Crippen LogP contribution is 2.47. The Kier molecular flexibility index (Phi) is 2.58. The molecule has 0 bridgehead atoms. The van der Waals surface area contributed by atoms with Crippen LogP contribution in [0.15, 0.2) is 12.1 Å². The van der Waals surface area contributed by atoms with Crippen molar-refractivity contribution in [2.45, 2.75) is 38.0 Å².